The first-order valence-electron chi connectivity index (χ1n) is 12.8. The Labute approximate surface area is 229 Å². The van der Waals surface area contributed by atoms with Gasteiger partial charge in [-0.15, -0.1) is 0 Å². The standard InChI is InChI=1S/C29H26FN9O/c1-2-25(40)38-14-12-37(13-15-38)18-19-5-8-21(9-6-19)39-28(22-4-3-11-32-26(22)31)36-27-29(39)35-24(17-34-27)23-10-7-20(30)16-33-23/h2-11,16-17H,1,12-15,18H2,(H2,31,32). The van der Waals surface area contributed by atoms with Gasteiger partial charge in [0.15, 0.2) is 17.1 Å². The minimum absolute atomic E-state index is 0.0249. The van der Waals surface area contributed by atoms with Crippen LogP contribution >= 0.6 is 0 Å². The summed E-state index contributed by atoms with van der Waals surface area (Å²) in [7, 11) is 0. The Morgan fingerprint density at radius 3 is 2.45 bits per heavy atom. The molecule has 0 spiro atoms. The van der Waals surface area contributed by atoms with Crippen molar-refractivity contribution >= 4 is 23.0 Å². The summed E-state index contributed by atoms with van der Waals surface area (Å²) < 4.78 is 15.4. The SMILES string of the molecule is C=CC(=O)N1CCN(Cc2ccc(-n3c(-c4cccnc4N)nc4ncc(-c5ccc(F)cn5)nc43)cc2)CC1. The van der Waals surface area contributed by atoms with Crippen LogP contribution in [0, 0.1) is 5.82 Å². The smallest absolute Gasteiger partial charge is 0.246 e. The Balaban J connectivity index is 1.35. The molecule has 0 bridgehead atoms. The number of rotatable bonds is 6. The lowest BCUT2D eigenvalue weighted by Gasteiger charge is -2.34. The van der Waals surface area contributed by atoms with Gasteiger partial charge in [0.05, 0.1) is 23.7 Å². The van der Waals surface area contributed by atoms with Gasteiger partial charge in [-0.05, 0) is 48.0 Å². The van der Waals surface area contributed by atoms with E-state index in [1.54, 1.807) is 24.5 Å². The summed E-state index contributed by atoms with van der Waals surface area (Å²) in [6.45, 7) is 7.31. The molecule has 1 saturated heterocycles. The quantitative estimate of drug-likeness (QED) is 0.328. The fraction of sp³-hybridized carbons (Fsp3) is 0.172. The molecule has 5 aromatic rings. The lowest BCUT2D eigenvalue weighted by molar-refractivity contribution is -0.127. The van der Waals surface area contributed by atoms with E-state index < -0.39 is 5.82 Å². The average molecular weight is 536 g/mol. The molecule has 40 heavy (non-hydrogen) atoms. The molecule has 0 unspecified atom stereocenters. The van der Waals surface area contributed by atoms with Crippen molar-refractivity contribution in [2.75, 3.05) is 31.9 Å². The predicted molar refractivity (Wildman–Crippen MR) is 150 cm³/mol. The summed E-state index contributed by atoms with van der Waals surface area (Å²) in [5, 5.41) is 0. The monoisotopic (exact) mass is 535 g/mol. The van der Waals surface area contributed by atoms with Crippen molar-refractivity contribution in [2.24, 2.45) is 0 Å². The van der Waals surface area contributed by atoms with Gasteiger partial charge >= 0.3 is 0 Å². The molecule has 1 amide bonds. The zero-order chi connectivity index (χ0) is 27.6. The fourth-order valence-corrected chi connectivity index (χ4v) is 4.80. The number of nitrogen functional groups attached to an aromatic ring is 1. The molecule has 1 fully saturated rings. The van der Waals surface area contributed by atoms with Crippen molar-refractivity contribution in [3.05, 3.63) is 91.2 Å². The summed E-state index contributed by atoms with van der Waals surface area (Å²) in [5.74, 6) is 0.443. The molecular formula is C29H26FN9O. The number of piperazine rings is 1. The second-order valence-electron chi connectivity index (χ2n) is 9.44. The van der Waals surface area contributed by atoms with E-state index >= 15 is 0 Å². The molecule has 200 valence electrons. The van der Waals surface area contributed by atoms with Gasteiger partial charge in [-0.25, -0.2) is 24.3 Å². The van der Waals surface area contributed by atoms with Gasteiger partial charge in [0.25, 0.3) is 0 Å². The van der Waals surface area contributed by atoms with Crippen LogP contribution in [-0.4, -0.2) is 71.4 Å². The van der Waals surface area contributed by atoms with E-state index in [-0.39, 0.29) is 5.91 Å². The van der Waals surface area contributed by atoms with Crippen LogP contribution in [0.15, 0.2) is 79.8 Å². The predicted octanol–water partition coefficient (Wildman–Crippen LogP) is 3.49. The third kappa shape index (κ3) is 4.90. The third-order valence-electron chi connectivity index (χ3n) is 6.90. The van der Waals surface area contributed by atoms with Crippen LogP contribution in [0.4, 0.5) is 10.2 Å². The highest BCUT2D eigenvalue weighted by molar-refractivity contribution is 5.87. The molecule has 0 aliphatic carbocycles. The highest BCUT2D eigenvalue weighted by Crippen LogP contribution is 2.30. The normalized spacial score (nSPS) is 14.0. The number of carbonyl (C=O) groups excluding carboxylic acids is 1. The van der Waals surface area contributed by atoms with E-state index in [0.29, 0.717) is 53.0 Å². The molecule has 1 aromatic carbocycles. The molecule has 5 heterocycles. The average Bonchev–Trinajstić information content (AvgIpc) is 3.37. The van der Waals surface area contributed by atoms with Crippen molar-refractivity contribution in [2.45, 2.75) is 6.54 Å². The Hall–Kier alpha value is -5.03. The van der Waals surface area contributed by atoms with Gasteiger partial charge in [-0.1, -0.05) is 18.7 Å². The molecular weight excluding hydrogens is 509 g/mol. The maximum absolute atomic E-state index is 13.5. The molecule has 0 radical (unpaired) electrons. The number of imidazole rings is 1. The number of halogens is 1. The maximum atomic E-state index is 13.5. The van der Waals surface area contributed by atoms with Gasteiger partial charge in [-0.2, -0.15) is 0 Å². The zero-order valence-corrected chi connectivity index (χ0v) is 21.6. The number of carbonyl (C=O) groups is 1. The number of amides is 1. The molecule has 6 rings (SSSR count). The van der Waals surface area contributed by atoms with Crippen LogP contribution in [0.5, 0.6) is 0 Å². The van der Waals surface area contributed by atoms with Crippen molar-refractivity contribution in [1.82, 2.24) is 39.3 Å². The molecule has 11 heteroatoms. The van der Waals surface area contributed by atoms with Gasteiger partial charge in [0, 0.05) is 44.6 Å². The lowest BCUT2D eigenvalue weighted by atomic mass is 10.1. The molecule has 4 aromatic heterocycles. The number of benzene rings is 1. The number of hydrogen-bond donors (Lipinski definition) is 1. The third-order valence-corrected chi connectivity index (χ3v) is 6.90. The molecule has 10 nitrogen and oxygen atoms in total. The second-order valence-corrected chi connectivity index (χ2v) is 9.44. The first-order valence-corrected chi connectivity index (χ1v) is 12.8. The number of hydrogen-bond acceptors (Lipinski definition) is 8. The van der Waals surface area contributed by atoms with E-state index in [0.717, 1.165) is 37.1 Å². The summed E-state index contributed by atoms with van der Waals surface area (Å²) in [6.07, 6.45) is 5.71. The maximum Gasteiger partial charge on any atom is 0.246 e. The van der Waals surface area contributed by atoms with E-state index in [1.807, 2.05) is 27.7 Å². The summed E-state index contributed by atoms with van der Waals surface area (Å²) in [4.78, 5) is 38.5. The van der Waals surface area contributed by atoms with Gasteiger partial charge < -0.3 is 10.6 Å². The van der Waals surface area contributed by atoms with Gasteiger partial charge in [0.2, 0.25) is 5.91 Å². The van der Waals surface area contributed by atoms with E-state index in [1.165, 1.54) is 12.1 Å². The van der Waals surface area contributed by atoms with Crippen LogP contribution < -0.4 is 5.73 Å². The second kappa shape index (κ2) is 10.6. The van der Waals surface area contributed by atoms with Crippen molar-refractivity contribution in [3.63, 3.8) is 0 Å². The molecule has 2 N–H and O–H groups in total. The minimum atomic E-state index is -0.426. The van der Waals surface area contributed by atoms with E-state index in [9.17, 15) is 9.18 Å². The Morgan fingerprint density at radius 1 is 0.950 bits per heavy atom. The van der Waals surface area contributed by atoms with Gasteiger partial charge in [-0.3, -0.25) is 19.2 Å². The zero-order valence-electron chi connectivity index (χ0n) is 21.6. The highest BCUT2D eigenvalue weighted by atomic mass is 19.1. The largest absolute Gasteiger partial charge is 0.383 e. The van der Waals surface area contributed by atoms with Gasteiger partial charge in [0.1, 0.15) is 17.3 Å². The molecule has 1 aliphatic rings. The summed E-state index contributed by atoms with van der Waals surface area (Å²) >= 11 is 0. The van der Waals surface area contributed by atoms with Crippen molar-refractivity contribution < 1.29 is 9.18 Å². The van der Waals surface area contributed by atoms with Crippen LogP contribution in [0.3, 0.4) is 0 Å². The van der Waals surface area contributed by atoms with Crippen molar-refractivity contribution in [1.29, 1.82) is 0 Å². The number of nitrogens with zero attached hydrogens (tertiary/aromatic N) is 8. The molecule has 1 aliphatic heterocycles. The Kier molecular flexibility index (Phi) is 6.71. The molecule has 0 atom stereocenters. The van der Waals surface area contributed by atoms with E-state index in [2.05, 4.69) is 38.6 Å². The number of anilines is 1. The summed E-state index contributed by atoms with van der Waals surface area (Å²) in [6, 6.07) is 14.7. The molecule has 0 saturated carbocycles. The first kappa shape index (κ1) is 25.3. The topological polar surface area (TPSA) is 119 Å². The first-order chi connectivity index (χ1) is 19.5. The number of nitrogens with two attached hydrogens (primary N) is 1. The minimum Gasteiger partial charge on any atom is -0.383 e. The van der Waals surface area contributed by atoms with Crippen molar-refractivity contribution in [3.8, 4) is 28.5 Å². The van der Waals surface area contributed by atoms with Crippen LogP contribution in [0.25, 0.3) is 39.8 Å². The van der Waals surface area contributed by atoms with Crippen LogP contribution in [-0.2, 0) is 11.3 Å². The fourth-order valence-electron chi connectivity index (χ4n) is 4.80. The van der Waals surface area contributed by atoms with E-state index in [4.69, 9.17) is 15.7 Å². The number of aromatic nitrogens is 6. The number of fused-ring (bicyclic) bond motifs is 1. The van der Waals surface area contributed by atoms with Crippen LogP contribution in [0.1, 0.15) is 5.56 Å². The highest BCUT2D eigenvalue weighted by Gasteiger charge is 2.21. The lowest BCUT2D eigenvalue weighted by Crippen LogP contribution is -2.47. The Bertz CT molecular complexity index is 1690. The van der Waals surface area contributed by atoms with Crippen LogP contribution in [0.2, 0.25) is 0 Å². The summed E-state index contributed by atoms with van der Waals surface area (Å²) in [5.41, 5.74) is 10.8. The number of pyridine rings is 2. The Morgan fingerprint density at radius 2 is 1.75 bits per heavy atom.